The number of carbonyl (C=O) groups is 2. The molecule has 0 N–H and O–H groups in total. The Morgan fingerprint density at radius 1 is 1.08 bits per heavy atom. The first-order valence-electron chi connectivity index (χ1n) is 8.89. The van der Waals surface area contributed by atoms with Crippen LogP contribution < -0.4 is 4.90 Å². The summed E-state index contributed by atoms with van der Waals surface area (Å²) in [6.07, 6.45) is 2.25. The number of rotatable bonds is 4. The van der Waals surface area contributed by atoms with Crippen LogP contribution in [0.1, 0.15) is 28.9 Å². The van der Waals surface area contributed by atoms with Gasteiger partial charge in [0.15, 0.2) is 5.69 Å². The summed E-state index contributed by atoms with van der Waals surface area (Å²) in [4.78, 5) is 34.9. The molecule has 0 aromatic carbocycles. The summed E-state index contributed by atoms with van der Waals surface area (Å²) in [5.74, 6) is 0.623. The fourth-order valence-corrected chi connectivity index (χ4v) is 3.39. The lowest BCUT2D eigenvalue weighted by Crippen LogP contribution is -2.50. The molecule has 25 heavy (non-hydrogen) atoms. The number of anilines is 1. The molecule has 0 radical (unpaired) electrons. The lowest BCUT2D eigenvalue weighted by molar-refractivity contribution is -0.131. The SMILES string of the molecule is COC(=O)c1nc(N2CCN(CC(=O)N3CCCC3)CC2)ccc1C. The Labute approximate surface area is 148 Å². The van der Waals surface area contributed by atoms with E-state index in [0.717, 1.165) is 63.5 Å². The zero-order chi connectivity index (χ0) is 17.8. The van der Waals surface area contributed by atoms with Gasteiger partial charge >= 0.3 is 5.97 Å². The van der Waals surface area contributed by atoms with Crippen LogP contribution in [0.2, 0.25) is 0 Å². The van der Waals surface area contributed by atoms with E-state index in [-0.39, 0.29) is 5.91 Å². The normalized spacial score (nSPS) is 18.5. The van der Waals surface area contributed by atoms with Crippen LogP contribution >= 0.6 is 0 Å². The van der Waals surface area contributed by atoms with Crippen LogP contribution in [0.5, 0.6) is 0 Å². The van der Waals surface area contributed by atoms with E-state index in [2.05, 4.69) is 14.8 Å². The van der Waals surface area contributed by atoms with Crippen molar-refractivity contribution in [1.29, 1.82) is 0 Å². The van der Waals surface area contributed by atoms with E-state index >= 15 is 0 Å². The molecule has 7 nitrogen and oxygen atoms in total. The van der Waals surface area contributed by atoms with E-state index in [4.69, 9.17) is 4.74 Å². The topological polar surface area (TPSA) is 66.0 Å². The lowest BCUT2D eigenvalue weighted by atomic mass is 10.2. The molecule has 1 amide bonds. The fourth-order valence-electron chi connectivity index (χ4n) is 3.39. The Morgan fingerprint density at radius 3 is 2.40 bits per heavy atom. The van der Waals surface area contributed by atoms with Gasteiger partial charge in [-0.05, 0) is 31.4 Å². The van der Waals surface area contributed by atoms with Crippen molar-refractivity contribution in [3.63, 3.8) is 0 Å². The number of aryl methyl sites for hydroxylation is 1. The van der Waals surface area contributed by atoms with Crippen molar-refractivity contribution in [2.45, 2.75) is 19.8 Å². The van der Waals surface area contributed by atoms with Crippen molar-refractivity contribution in [2.75, 3.05) is 57.8 Å². The smallest absolute Gasteiger partial charge is 0.357 e. The third-order valence-electron chi connectivity index (χ3n) is 4.97. The molecule has 7 heteroatoms. The lowest BCUT2D eigenvalue weighted by Gasteiger charge is -2.35. The maximum absolute atomic E-state index is 12.3. The van der Waals surface area contributed by atoms with Gasteiger partial charge < -0.3 is 14.5 Å². The third kappa shape index (κ3) is 4.10. The number of hydrogen-bond acceptors (Lipinski definition) is 6. The van der Waals surface area contributed by atoms with Crippen molar-refractivity contribution < 1.29 is 14.3 Å². The maximum Gasteiger partial charge on any atom is 0.357 e. The summed E-state index contributed by atoms with van der Waals surface area (Å²) in [6.45, 7) is 7.40. The summed E-state index contributed by atoms with van der Waals surface area (Å²) in [7, 11) is 1.37. The highest BCUT2D eigenvalue weighted by molar-refractivity contribution is 5.89. The Bertz CT molecular complexity index is 635. The zero-order valence-electron chi connectivity index (χ0n) is 15.0. The van der Waals surface area contributed by atoms with Gasteiger partial charge in [-0.15, -0.1) is 0 Å². The molecule has 2 aliphatic heterocycles. The minimum Gasteiger partial charge on any atom is -0.464 e. The van der Waals surface area contributed by atoms with E-state index in [1.807, 2.05) is 24.0 Å². The van der Waals surface area contributed by atoms with Crippen molar-refractivity contribution in [2.24, 2.45) is 0 Å². The highest BCUT2D eigenvalue weighted by Crippen LogP contribution is 2.18. The standard InChI is InChI=1S/C18H26N4O3/c1-14-5-6-15(19-17(14)18(24)25-2)21-11-9-20(10-12-21)13-16(23)22-7-3-4-8-22/h5-6H,3-4,7-13H2,1-2H3. The first-order valence-corrected chi connectivity index (χ1v) is 8.89. The van der Waals surface area contributed by atoms with Gasteiger partial charge in [0.05, 0.1) is 13.7 Å². The second-order valence-corrected chi connectivity index (χ2v) is 6.68. The van der Waals surface area contributed by atoms with Crippen molar-refractivity contribution >= 4 is 17.7 Å². The van der Waals surface area contributed by atoms with E-state index in [9.17, 15) is 9.59 Å². The first kappa shape index (κ1) is 17.7. The molecule has 2 fully saturated rings. The van der Waals surface area contributed by atoms with Crippen LogP contribution in [0.25, 0.3) is 0 Å². The fraction of sp³-hybridized carbons (Fsp3) is 0.611. The Kier molecular flexibility index (Phi) is 5.53. The van der Waals surface area contributed by atoms with Crippen LogP contribution in [-0.2, 0) is 9.53 Å². The highest BCUT2D eigenvalue weighted by atomic mass is 16.5. The summed E-state index contributed by atoms with van der Waals surface area (Å²) < 4.78 is 4.80. The van der Waals surface area contributed by atoms with Crippen LogP contribution in [0.4, 0.5) is 5.82 Å². The molecule has 136 valence electrons. The molecule has 0 atom stereocenters. The van der Waals surface area contributed by atoms with Gasteiger partial charge in [-0.2, -0.15) is 0 Å². The number of pyridine rings is 1. The van der Waals surface area contributed by atoms with E-state index in [0.29, 0.717) is 12.2 Å². The number of nitrogens with zero attached hydrogens (tertiary/aromatic N) is 4. The average molecular weight is 346 g/mol. The summed E-state index contributed by atoms with van der Waals surface area (Å²) >= 11 is 0. The molecular formula is C18H26N4O3. The van der Waals surface area contributed by atoms with Gasteiger partial charge in [0.25, 0.3) is 0 Å². The van der Waals surface area contributed by atoms with E-state index < -0.39 is 5.97 Å². The van der Waals surface area contributed by atoms with Gasteiger partial charge in [-0.1, -0.05) is 6.07 Å². The molecule has 3 rings (SSSR count). The number of hydrogen-bond donors (Lipinski definition) is 0. The molecule has 2 aliphatic rings. The second-order valence-electron chi connectivity index (χ2n) is 6.68. The average Bonchev–Trinajstić information content (AvgIpc) is 3.17. The Balaban J connectivity index is 1.57. The van der Waals surface area contributed by atoms with Crippen molar-refractivity contribution in [3.8, 4) is 0 Å². The van der Waals surface area contributed by atoms with E-state index in [1.54, 1.807) is 0 Å². The molecule has 0 bridgehead atoms. The van der Waals surface area contributed by atoms with Gasteiger partial charge in [-0.3, -0.25) is 9.69 Å². The van der Waals surface area contributed by atoms with Crippen LogP contribution in [0.15, 0.2) is 12.1 Å². The quantitative estimate of drug-likeness (QED) is 0.756. The number of piperazine rings is 1. The van der Waals surface area contributed by atoms with Crippen LogP contribution in [-0.4, -0.2) is 79.6 Å². The number of methoxy groups -OCH3 is 1. The van der Waals surface area contributed by atoms with Gasteiger partial charge in [0.2, 0.25) is 5.91 Å². The Morgan fingerprint density at radius 2 is 1.76 bits per heavy atom. The number of aromatic nitrogens is 1. The van der Waals surface area contributed by atoms with Crippen LogP contribution in [0, 0.1) is 6.92 Å². The maximum atomic E-state index is 12.3. The minimum absolute atomic E-state index is 0.243. The second kappa shape index (κ2) is 7.82. The van der Waals surface area contributed by atoms with Gasteiger partial charge in [-0.25, -0.2) is 9.78 Å². The summed E-state index contributed by atoms with van der Waals surface area (Å²) in [5.41, 5.74) is 1.18. The largest absolute Gasteiger partial charge is 0.464 e. The molecule has 2 saturated heterocycles. The predicted molar refractivity (Wildman–Crippen MR) is 94.8 cm³/mol. The van der Waals surface area contributed by atoms with Crippen molar-refractivity contribution in [3.05, 3.63) is 23.4 Å². The number of likely N-dealkylation sites (tertiary alicyclic amines) is 1. The molecule has 0 saturated carbocycles. The summed E-state index contributed by atoms with van der Waals surface area (Å²) in [6, 6.07) is 3.84. The number of esters is 1. The number of amides is 1. The predicted octanol–water partition coefficient (Wildman–Crippen LogP) is 0.921. The van der Waals surface area contributed by atoms with Gasteiger partial charge in [0, 0.05) is 39.3 Å². The highest BCUT2D eigenvalue weighted by Gasteiger charge is 2.24. The van der Waals surface area contributed by atoms with Crippen LogP contribution in [0.3, 0.4) is 0 Å². The molecular weight excluding hydrogens is 320 g/mol. The monoisotopic (exact) mass is 346 g/mol. The number of ether oxygens (including phenoxy) is 1. The third-order valence-corrected chi connectivity index (χ3v) is 4.97. The first-order chi connectivity index (χ1) is 12.1. The Hall–Kier alpha value is -2.15. The molecule has 0 aliphatic carbocycles. The summed E-state index contributed by atoms with van der Waals surface area (Å²) in [5, 5.41) is 0. The molecule has 1 aromatic heterocycles. The zero-order valence-corrected chi connectivity index (χ0v) is 15.0. The minimum atomic E-state index is -0.408. The van der Waals surface area contributed by atoms with Gasteiger partial charge in [0.1, 0.15) is 5.82 Å². The molecule has 0 spiro atoms. The van der Waals surface area contributed by atoms with Crippen molar-refractivity contribution in [1.82, 2.24) is 14.8 Å². The number of carbonyl (C=O) groups excluding carboxylic acids is 2. The molecule has 0 unspecified atom stereocenters. The molecule has 3 heterocycles. The van der Waals surface area contributed by atoms with E-state index in [1.165, 1.54) is 7.11 Å². The molecule has 1 aromatic rings.